The number of ether oxygens (including phenoxy) is 2. The van der Waals surface area contributed by atoms with E-state index in [1.807, 2.05) is 0 Å². The molecule has 2 atom stereocenters. The summed E-state index contributed by atoms with van der Waals surface area (Å²) in [5.74, 6) is 2.78. The zero-order valence-electron chi connectivity index (χ0n) is 45.9. The molecule has 404 valence electrons. The minimum atomic E-state index is 0.509. The molecule has 3 aromatic heterocycles. The van der Waals surface area contributed by atoms with Crippen molar-refractivity contribution in [3.8, 4) is 32.4 Å². The van der Waals surface area contributed by atoms with E-state index < -0.39 is 0 Å². The molecule has 0 saturated carbocycles. The topological polar surface area (TPSA) is 44.2 Å². The third-order valence-electron chi connectivity index (χ3n) is 15.1. The Morgan fingerprint density at radius 2 is 0.620 bits per heavy atom. The summed E-state index contributed by atoms with van der Waals surface area (Å²) in [5.41, 5.74) is 3.97. The lowest BCUT2D eigenvalue weighted by atomic mass is 9.94. The van der Waals surface area contributed by atoms with E-state index in [-0.39, 0.29) is 0 Å². The van der Waals surface area contributed by atoms with Crippen LogP contribution in [-0.4, -0.2) is 22.0 Å². The second-order valence-corrected chi connectivity index (χ2v) is 26.9. The van der Waals surface area contributed by atoms with E-state index in [4.69, 9.17) is 18.2 Å². The van der Waals surface area contributed by atoms with Crippen molar-refractivity contribution in [1.82, 2.24) is 8.75 Å². The Morgan fingerprint density at radius 3 is 0.859 bits per heavy atom. The van der Waals surface area contributed by atoms with Gasteiger partial charge < -0.3 is 9.47 Å². The number of nitrogens with zero attached hydrogens (tertiary/aromatic N) is 2. The quantitative estimate of drug-likeness (QED) is 0.0414. The van der Waals surface area contributed by atoms with Gasteiger partial charge in [0.25, 0.3) is 0 Å². The fourth-order valence-corrected chi connectivity index (χ4v) is 14.0. The highest BCUT2D eigenvalue weighted by molar-refractivity contribution is 9.11. The van der Waals surface area contributed by atoms with Crippen molar-refractivity contribution >= 4 is 77.3 Å². The lowest BCUT2D eigenvalue weighted by molar-refractivity contribution is 0.194. The zero-order valence-corrected chi connectivity index (χ0v) is 51.5. The van der Waals surface area contributed by atoms with E-state index in [0.29, 0.717) is 25.0 Å². The molecule has 2 unspecified atom stereocenters. The molecule has 0 aliphatic carbocycles. The highest BCUT2D eigenvalue weighted by Crippen LogP contribution is 2.53. The maximum Gasteiger partial charge on any atom is 0.172 e. The maximum atomic E-state index is 7.45. The Hall–Kier alpha value is -1.000. The van der Waals surface area contributed by atoms with E-state index in [9.17, 15) is 0 Å². The Balaban J connectivity index is 1.60. The van der Waals surface area contributed by atoms with E-state index in [1.165, 1.54) is 269 Å². The number of aromatic nitrogens is 2. The smallest absolute Gasteiger partial charge is 0.172 e. The van der Waals surface area contributed by atoms with E-state index >= 15 is 0 Å². The van der Waals surface area contributed by atoms with Crippen LogP contribution >= 0.6 is 66.3 Å². The lowest BCUT2D eigenvalue weighted by Crippen LogP contribution is -2.16. The van der Waals surface area contributed by atoms with Gasteiger partial charge in [-0.2, -0.15) is 8.75 Å². The first-order chi connectivity index (χ1) is 35.0. The summed E-state index contributed by atoms with van der Waals surface area (Å²) >= 11 is 12.5. The largest absolute Gasteiger partial charge is 0.489 e. The van der Waals surface area contributed by atoms with Gasteiger partial charge in [0.1, 0.15) is 11.0 Å². The molecule has 0 bridgehead atoms. The average Bonchev–Trinajstić information content (AvgIpc) is 4.15. The third-order valence-corrected chi connectivity index (χ3v) is 18.9. The molecule has 1 aromatic carbocycles. The number of thiophene rings is 2. The Morgan fingerprint density at radius 1 is 0.366 bits per heavy atom. The van der Waals surface area contributed by atoms with Crippen LogP contribution in [0.4, 0.5) is 0 Å². The van der Waals surface area contributed by atoms with Crippen LogP contribution in [-0.2, 0) is 0 Å². The predicted octanol–water partition coefficient (Wildman–Crippen LogP) is 24.3. The van der Waals surface area contributed by atoms with E-state index in [2.05, 4.69) is 83.8 Å². The van der Waals surface area contributed by atoms with Crippen molar-refractivity contribution in [3.63, 3.8) is 0 Å². The molecule has 9 heteroatoms. The fourth-order valence-electron chi connectivity index (χ4n) is 10.6. The van der Waals surface area contributed by atoms with Crippen LogP contribution in [0, 0.1) is 11.8 Å². The maximum absolute atomic E-state index is 7.45. The van der Waals surface area contributed by atoms with Crippen LogP contribution in [0.15, 0.2) is 31.8 Å². The first kappa shape index (κ1) is 62.5. The molecule has 4 nitrogen and oxygen atoms in total. The van der Waals surface area contributed by atoms with Gasteiger partial charge in [-0.1, -0.05) is 259 Å². The van der Waals surface area contributed by atoms with Gasteiger partial charge in [-0.25, -0.2) is 0 Å². The molecule has 0 aliphatic rings. The summed E-state index contributed by atoms with van der Waals surface area (Å²) in [7, 11) is 0. The molecule has 3 heterocycles. The normalized spacial score (nSPS) is 12.6. The number of fused-ring (bicyclic) bond motifs is 1. The number of hydrogen-bond acceptors (Lipinski definition) is 7. The molecule has 0 radical (unpaired) electrons. The monoisotopic (exact) mass is 1160 g/mol. The molecule has 0 saturated heterocycles. The molecule has 0 fully saturated rings. The second-order valence-electron chi connectivity index (χ2n) is 21.4. The Kier molecular flexibility index (Phi) is 36.3. The summed E-state index contributed by atoms with van der Waals surface area (Å²) in [6.07, 6.45) is 54.0. The van der Waals surface area contributed by atoms with Crippen LogP contribution in [0.2, 0.25) is 0 Å². The van der Waals surface area contributed by atoms with E-state index in [1.54, 1.807) is 22.7 Å². The van der Waals surface area contributed by atoms with Gasteiger partial charge in [-0.05, 0) is 93.6 Å². The highest BCUT2D eigenvalue weighted by Gasteiger charge is 2.30. The number of hydrogen-bond donors (Lipinski definition) is 0. The minimum absolute atomic E-state index is 0.509. The molecule has 4 rings (SSSR count). The van der Waals surface area contributed by atoms with Crippen molar-refractivity contribution in [1.29, 1.82) is 0 Å². The molecule has 0 spiro atoms. The summed E-state index contributed by atoms with van der Waals surface area (Å²) in [4.78, 5) is 2.31. The third kappa shape index (κ3) is 26.1. The van der Waals surface area contributed by atoms with Gasteiger partial charge in [-0.15, -0.1) is 22.7 Å². The summed E-state index contributed by atoms with van der Waals surface area (Å²) in [6, 6.07) is 8.81. The first-order valence-corrected chi connectivity index (χ1v) is 34.0. The minimum Gasteiger partial charge on any atom is -0.489 e. The van der Waals surface area contributed by atoms with Gasteiger partial charge >= 0.3 is 0 Å². The number of halogens is 2. The molecular weight excluding hydrogens is 1060 g/mol. The molecule has 4 aromatic rings. The molecule has 0 aliphatic heterocycles. The molecule has 71 heavy (non-hydrogen) atoms. The van der Waals surface area contributed by atoms with Gasteiger partial charge in [0.15, 0.2) is 11.5 Å². The summed E-state index contributed by atoms with van der Waals surface area (Å²) < 4.78 is 27.3. The van der Waals surface area contributed by atoms with Crippen molar-refractivity contribution in [2.24, 2.45) is 11.8 Å². The van der Waals surface area contributed by atoms with Gasteiger partial charge in [0.2, 0.25) is 0 Å². The Bertz CT molecular complexity index is 1740. The van der Waals surface area contributed by atoms with Crippen molar-refractivity contribution < 1.29 is 9.47 Å². The van der Waals surface area contributed by atoms with Crippen LogP contribution in [0.3, 0.4) is 0 Å². The van der Waals surface area contributed by atoms with E-state index in [0.717, 1.165) is 51.0 Å². The van der Waals surface area contributed by atoms with Crippen molar-refractivity contribution in [2.75, 3.05) is 13.2 Å². The van der Waals surface area contributed by atoms with Crippen LogP contribution in [0.1, 0.15) is 285 Å². The fraction of sp³-hybridized carbons (Fsp3) is 0.774. The van der Waals surface area contributed by atoms with Crippen LogP contribution in [0.25, 0.3) is 31.9 Å². The number of unbranched alkanes of at least 4 members (excludes halogenated alkanes) is 32. The lowest BCUT2D eigenvalue weighted by Gasteiger charge is -2.25. The molecule has 0 N–H and O–H groups in total. The van der Waals surface area contributed by atoms with Crippen molar-refractivity contribution in [2.45, 2.75) is 285 Å². The second kappa shape index (κ2) is 41.2. The molecular formula is C62H102Br2N2O2S3. The highest BCUT2D eigenvalue weighted by atomic mass is 79.9. The predicted molar refractivity (Wildman–Crippen MR) is 325 cm³/mol. The van der Waals surface area contributed by atoms with Gasteiger partial charge in [0, 0.05) is 9.75 Å². The van der Waals surface area contributed by atoms with Crippen LogP contribution < -0.4 is 9.47 Å². The number of rotatable bonds is 48. The van der Waals surface area contributed by atoms with Crippen molar-refractivity contribution in [3.05, 3.63) is 31.8 Å². The SMILES string of the molecule is CCCCCCCCCCCCC(CCCCCCCCCC)COc1c(OCC(CCCCCCCCCC)CCCCCCCCCCCC)c(-c2ccc(Br)s2)c2nsnc2c1-c1ccc(Br)s1. The summed E-state index contributed by atoms with van der Waals surface area (Å²) in [5, 5.41) is 0. The van der Waals surface area contributed by atoms with Crippen LogP contribution in [0.5, 0.6) is 11.5 Å². The average molecular weight is 1160 g/mol. The number of benzene rings is 1. The summed E-state index contributed by atoms with van der Waals surface area (Å²) in [6.45, 7) is 10.7. The molecule has 0 amide bonds. The zero-order chi connectivity index (χ0) is 50.4. The van der Waals surface area contributed by atoms with Gasteiger partial charge in [-0.3, -0.25) is 0 Å². The Labute approximate surface area is 465 Å². The van der Waals surface area contributed by atoms with Gasteiger partial charge in [0.05, 0.1) is 43.6 Å². The standard InChI is InChI=1S/C62H102Br2N2O2S3/c1-5-9-13-17-21-25-27-31-35-39-43-51(41-37-33-29-23-19-15-11-7-3)49-67-61-57(53-45-47-55(63)69-53)59-60(66-71-65-59)58(54-46-48-56(64)70-54)62(61)68-50-52(42-38-34-30-24-20-16-12-8-4)44-40-36-32-28-26-22-18-14-10-6-2/h45-48,51-52H,5-44,49-50H2,1-4H3. The first-order valence-electron chi connectivity index (χ1n) is 30.1.